The third kappa shape index (κ3) is 3.64. The van der Waals surface area contributed by atoms with Crippen molar-refractivity contribution < 1.29 is 4.42 Å². The van der Waals surface area contributed by atoms with Gasteiger partial charge in [0.1, 0.15) is 11.2 Å². The van der Waals surface area contributed by atoms with E-state index in [1.807, 2.05) is 65.9 Å². The van der Waals surface area contributed by atoms with E-state index in [0.29, 0.717) is 17.5 Å². The van der Waals surface area contributed by atoms with Gasteiger partial charge in [0.2, 0.25) is 0 Å². The zero-order valence-corrected chi connectivity index (χ0v) is 23.1. The molecular weight excluding hydrogens is 534 g/mol. The van der Waals surface area contributed by atoms with E-state index < -0.39 is 0 Å². The Hall–Kier alpha value is -5.39. The summed E-state index contributed by atoms with van der Waals surface area (Å²) >= 11 is 1.84. The third-order valence-corrected chi connectivity index (χ3v) is 9.14. The van der Waals surface area contributed by atoms with E-state index >= 15 is 0 Å². The lowest BCUT2D eigenvalue weighted by atomic mass is 10.0. The topological polar surface area (TPSA) is 51.8 Å². The second kappa shape index (κ2) is 9.06. The highest BCUT2D eigenvalue weighted by atomic mass is 32.1. The van der Waals surface area contributed by atoms with Gasteiger partial charge < -0.3 is 4.42 Å². The summed E-state index contributed by atoms with van der Waals surface area (Å²) in [6, 6.07) is 43.9. The fourth-order valence-electron chi connectivity index (χ4n) is 5.87. The van der Waals surface area contributed by atoms with Gasteiger partial charge in [-0.15, -0.1) is 11.3 Å². The van der Waals surface area contributed by atoms with Gasteiger partial charge in [-0.1, -0.05) is 97.1 Å². The molecule has 0 fully saturated rings. The summed E-state index contributed by atoms with van der Waals surface area (Å²) in [5.41, 5.74) is 4.47. The molecule has 3 aromatic heterocycles. The van der Waals surface area contributed by atoms with Gasteiger partial charge >= 0.3 is 0 Å². The molecule has 0 radical (unpaired) electrons. The van der Waals surface area contributed by atoms with Gasteiger partial charge in [0, 0.05) is 47.6 Å². The van der Waals surface area contributed by atoms with Crippen LogP contribution >= 0.6 is 11.3 Å². The number of thiophene rings is 1. The van der Waals surface area contributed by atoms with Gasteiger partial charge in [-0.25, -0.2) is 15.0 Å². The lowest BCUT2D eigenvalue weighted by molar-refractivity contribution is 0.669. The molecule has 0 aliphatic rings. The van der Waals surface area contributed by atoms with E-state index in [9.17, 15) is 0 Å². The molecule has 6 aromatic carbocycles. The van der Waals surface area contributed by atoms with Crippen molar-refractivity contribution in [1.82, 2.24) is 15.0 Å². The molecule has 0 saturated carbocycles. The first-order valence-electron chi connectivity index (χ1n) is 13.9. The molecule has 3 heterocycles. The monoisotopic (exact) mass is 555 g/mol. The normalized spacial score (nSPS) is 11.8. The standard InChI is InChI=1S/C37H21N3OS/c1-2-8-22(9-3-1)35-38-36(40-37(39-35)25-16-18-28-27-10-4-6-12-31(27)41-32(28)21-25)24-15-17-26-23(20-24)14-19-30-29-11-5-7-13-33(29)42-34(26)30/h1-21H. The highest BCUT2D eigenvalue weighted by Gasteiger charge is 2.16. The maximum absolute atomic E-state index is 6.18. The van der Waals surface area contributed by atoms with Crippen LogP contribution in [0.25, 0.3) is 87.0 Å². The number of nitrogens with zero attached hydrogens (tertiary/aromatic N) is 3. The molecule has 0 bridgehead atoms. The summed E-state index contributed by atoms with van der Waals surface area (Å²) < 4.78 is 8.79. The third-order valence-electron chi connectivity index (χ3n) is 7.92. The molecule has 5 heteroatoms. The number of hydrogen-bond acceptors (Lipinski definition) is 5. The minimum absolute atomic E-state index is 0.612. The Morgan fingerprint density at radius 3 is 1.88 bits per heavy atom. The Kier molecular flexibility index (Phi) is 5.03. The van der Waals surface area contributed by atoms with Crippen molar-refractivity contribution in [3.63, 3.8) is 0 Å². The quantitative estimate of drug-likeness (QED) is 0.218. The highest BCUT2D eigenvalue weighted by Crippen LogP contribution is 2.39. The minimum Gasteiger partial charge on any atom is -0.456 e. The summed E-state index contributed by atoms with van der Waals surface area (Å²) in [7, 11) is 0. The van der Waals surface area contributed by atoms with Gasteiger partial charge in [-0.2, -0.15) is 0 Å². The van der Waals surface area contributed by atoms with E-state index in [4.69, 9.17) is 19.4 Å². The lowest BCUT2D eigenvalue weighted by Gasteiger charge is -2.09. The molecule has 0 aliphatic heterocycles. The molecule has 0 spiro atoms. The van der Waals surface area contributed by atoms with Crippen molar-refractivity contribution in [2.75, 3.05) is 0 Å². The van der Waals surface area contributed by atoms with Crippen LogP contribution in [0.2, 0.25) is 0 Å². The summed E-state index contributed by atoms with van der Waals surface area (Å²) in [6.07, 6.45) is 0. The smallest absolute Gasteiger partial charge is 0.164 e. The van der Waals surface area contributed by atoms with Crippen molar-refractivity contribution >= 4 is 64.2 Å². The molecule has 9 rings (SSSR count). The Balaban J connectivity index is 1.23. The molecule has 4 nitrogen and oxygen atoms in total. The van der Waals surface area contributed by atoms with E-state index in [1.54, 1.807) is 0 Å². The molecule has 0 aliphatic carbocycles. The maximum atomic E-state index is 6.18. The summed E-state index contributed by atoms with van der Waals surface area (Å²) in [5, 5.41) is 7.19. The predicted molar refractivity (Wildman–Crippen MR) is 174 cm³/mol. The van der Waals surface area contributed by atoms with Crippen LogP contribution < -0.4 is 0 Å². The molecule has 0 saturated heterocycles. The average molecular weight is 556 g/mol. The summed E-state index contributed by atoms with van der Waals surface area (Å²) in [6.45, 7) is 0. The second-order valence-corrected chi connectivity index (χ2v) is 11.5. The Labute approximate surface area is 244 Å². The van der Waals surface area contributed by atoms with Crippen LogP contribution in [0.15, 0.2) is 132 Å². The van der Waals surface area contributed by atoms with Crippen molar-refractivity contribution in [2.45, 2.75) is 0 Å². The van der Waals surface area contributed by atoms with Crippen LogP contribution in [0.1, 0.15) is 0 Å². The van der Waals surface area contributed by atoms with Gasteiger partial charge in [-0.3, -0.25) is 0 Å². The van der Waals surface area contributed by atoms with Crippen LogP contribution in [0.5, 0.6) is 0 Å². The first-order chi connectivity index (χ1) is 20.8. The first kappa shape index (κ1) is 23.3. The Bertz CT molecular complexity index is 2480. The van der Waals surface area contributed by atoms with Gasteiger partial charge in [0.05, 0.1) is 0 Å². The number of aromatic nitrogens is 3. The number of benzene rings is 6. The number of furan rings is 1. The van der Waals surface area contributed by atoms with Gasteiger partial charge in [-0.05, 0) is 41.1 Å². The molecule has 0 amide bonds. The van der Waals surface area contributed by atoms with Crippen LogP contribution in [-0.4, -0.2) is 15.0 Å². The summed E-state index contributed by atoms with van der Waals surface area (Å²) in [4.78, 5) is 14.9. The van der Waals surface area contributed by atoms with Gasteiger partial charge in [0.25, 0.3) is 0 Å². The molecule has 0 unspecified atom stereocenters. The van der Waals surface area contributed by atoms with Crippen molar-refractivity contribution in [2.24, 2.45) is 0 Å². The molecular formula is C37H21N3OS. The predicted octanol–water partition coefficient (Wildman–Crippen LogP) is 10.3. The second-order valence-electron chi connectivity index (χ2n) is 10.5. The molecule has 196 valence electrons. The van der Waals surface area contributed by atoms with E-state index in [0.717, 1.165) is 38.6 Å². The van der Waals surface area contributed by atoms with Gasteiger partial charge in [0.15, 0.2) is 17.5 Å². The number of hydrogen-bond donors (Lipinski definition) is 0. The average Bonchev–Trinajstić information content (AvgIpc) is 3.63. The highest BCUT2D eigenvalue weighted by molar-refractivity contribution is 7.26. The number of rotatable bonds is 3. The molecule has 0 atom stereocenters. The molecule has 42 heavy (non-hydrogen) atoms. The minimum atomic E-state index is 0.612. The van der Waals surface area contributed by atoms with E-state index in [-0.39, 0.29) is 0 Å². The summed E-state index contributed by atoms with van der Waals surface area (Å²) in [5.74, 6) is 1.89. The first-order valence-corrected chi connectivity index (χ1v) is 14.7. The van der Waals surface area contributed by atoms with Crippen molar-refractivity contribution in [3.05, 3.63) is 127 Å². The maximum Gasteiger partial charge on any atom is 0.164 e. The Morgan fingerprint density at radius 2 is 1.05 bits per heavy atom. The van der Waals surface area contributed by atoms with E-state index in [1.165, 1.54) is 30.9 Å². The van der Waals surface area contributed by atoms with Crippen LogP contribution in [0, 0.1) is 0 Å². The van der Waals surface area contributed by atoms with Crippen LogP contribution in [-0.2, 0) is 0 Å². The molecule has 9 aromatic rings. The largest absolute Gasteiger partial charge is 0.456 e. The zero-order valence-electron chi connectivity index (χ0n) is 22.3. The van der Waals surface area contributed by atoms with Crippen LogP contribution in [0.3, 0.4) is 0 Å². The number of fused-ring (bicyclic) bond motifs is 8. The molecule has 0 N–H and O–H groups in total. The zero-order chi connectivity index (χ0) is 27.6. The van der Waals surface area contributed by atoms with Crippen molar-refractivity contribution in [1.29, 1.82) is 0 Å². The van der Waals surface area contributed by atoms with Crippen LogP contribution in [0.4, 0.5) is 0 Å². The fourth-order valence-corrected chi connectivity index (χ4v) is 7.10. The number of para-hydroxylation sites is 1. The fraction of sp³-hybridized carbons (Fsp3) is 0. The Morgan fingerprint density at radius 1 is 0.429 bits per heavy atom. The van der Waals surface area contributed by atoms with E-state index in [2.05, 4.69) is 72.8 Å². The lowest BCUT2D eigenvalue weighted by Crippen LogP contribution is -2.00. The van der Waals surface area contributed by atoms with Crippen molar-refractivity contribution in [3.8, 4) is 34.2 Å². The SMILES string of the molecule is c1ccc(-c2nc(-c3ccc4c(ccc5c6ccccc6sc45)c3)nc(-c3ccc4c(c3)oc3ccccc34)n2)cc1.